The van der Waals surface area contributed by atoms with Crippen molar-refractivity contribution in [3.05, 3.63) is 98.2 Å². The lowest BCUT2D eigenvalue weighted by Crippen LogP contribution is -1.83. The number of allylic oxidation sites excluding steroid dienone is 12. The minimum Gasteiger partial charge on any atom is -0.103 e. The molecule has 150 valence electrons. The molecular formula is C26H46. The fraction of sp³-hybridized carbons (Fsp3) is 0.385. The minimum absolute atomic E-state index is 0.868. The standard InChI is InChI=1S/C17H22.C3H6.3C2H6/c1-5-9-11-12-15-16(8-4)17(13-7-3)14-10-6-2;1-3-2;3*1-2/h5-9,11,13-15H,1-2,4,10,12H2,3H3;3H,1H2,2H3;3*1-2H3/b11-9-,13-7-,16-15+,17-14+;;;;. The summed E-state index contributed by atoms with van der Waals surface area (Å²) in [6, 6.07) is 0. The van der Waals surface area contributed by atoms with E-state index < -0.39 is 0 Å². The van der Waals surface area contributed by atoms with Gasteiger partial charge < -0.3 is 0 Å². The summed E-state index contributed by atoms with van der Waals surface area (Å²) in [6.45, 7) is 30.5. The van der Waals surface area contributed by atoms with Gasteiger partial charge in [0, 0.05) is 0 Å². The first-order valence-corrected chi connectivity index (χ1v) is 9.83. The van der Waals surface area contributed by atoms with Crippen LogP contribution in [0.15, 0.2) is 98.2 Å². The maximum atomic E-state index is 3.86. The van der Waals surface area contributed by atoms with Crippen molar-refractivity contribution in [2.75, 3.05) is 0 Å². The molecule has 0 saturated carbocycles. The number of hydrogen-bond acceptors (Lipinski definition) is 0. The summed E-state index contributed by atoms with van der Waals surface area (Å²) in [5.41, 5.74) is 2.34. The number of hydrogen-bond donors (Lipinski definition) is 0. The Morgan fingerprint density at radius 3 is 1.54 bits per heavy atom. The van der Waals surface area contributed by atoms with E-state index in [0.29, 0.717) is 0 Å². The van der Waals surface area contributed by atoms with Crippen molar-refractivity contribution >= 4 is 0 Å². The van der Waals surface area contributed by atoms with Crippen LogP contribution in [0.5, 0.6) is 0 Å². The van der Waals surface area contributed by atoms with Gasteiger partial charge in [0.1, 0.15) is 0 Å². The largest absolute Gasteiger partial charge is 0.103 e. The summed E-state index contributed by atoms with van der Waals surface area (Å²) in [7, 11) is 0. The molecule has 0 heterocycles. The molecule has 0 rings (SSSR count). The zero-order chi connectivity index (χ0) is 21.6. The molecule has 0 fully saturated rings. The SMILES string of the molecule is C=C/C=C\C/C=C(C=C)/C(/C=C\C)=C/CC=C.C=CC.CC.CC.CC. The molecular weight excluding hydrogens is 312 g/mol. The Hall–Kier alpha value is -2.08. The third-order valence-corrected chi connectivity index (χ3v) is 2.15. The Kier molecular flexibility index (Phi) is 58.7. The minimum atomic E-state index is 0.868. The van der Waals surface area contributed by atoms with Gasteiger partial charge in [-0.15, -0.1) is 13.2 Å². The van der Waals surface area contributed by atoms with Gasteiger partial charge in [-0.1, -0.05) is 115 Å². The predicted octanol–water partition coefficient (Wildman–Crippen LogP) is 9.58. The molecule has 0 unspecified atom stereocenters. The van der Waals surface area contributed by atoms with Crippen LogP contribution in [-0.2, 0) is 0 Å². The van der Waals surface area contributed by atoms with Gasteiger partial charge in [-0.05, 0) is 37.8 Å². The Labute approximate surface area is 166 Å². The van der Waals surface area contributed by atoms with Crippen LogP contribution in [0.2, 0.25) is 0 Å². The van der Waals surface area contributed by atoms with E-state index >= 15 is 0 Å². The van der Waals surface area contributed by atoms with Gasteiger partial charge in [0.2, 0.25) is 0 Å². The lowest BCUT2D eigenvalue weighted by atomic mass is 10.0. The van der Waals surface area contributed by atoms with Gasteiger partial charge in [0.25, 0.3) is 0 Å². The van der Waals surface area contributed by atoms with E-state index in [9.17, 15) is 0 Å². The molecule has 0 aliphatic carbocycles. The van der Waals surface area contributed by atoms with Crippen LogP contribution >= 0.6 is 0 Å². The van der Waals surface area contributed by atoms with Crippen LogP contribution in [0.4, 0.5) is 0 Å². The average molecular weight is 359 g/mol. The van der Waals surface area contributed by atoms with Crippen molar-refractivity contribution in [3.63, 3.8) is 0 Å². The summed E-state index contributed by atoms with van der Waals surface area (Å²) >= 11 is 0. The summed E-state index contributed by atoms with van der Waals surface area (Å²) in [4.78, 5) is 0. The Bertz CT molecular complexity index is 398. The van der Waals surface area contributed by atoms with Crippen molar-refractivity contribution < 1.29 is 0 Å². The van der Waals surface area contributed by atoms with E-state index in [-0.39, 0.29) is 0 Å². The van der Waals surface area contributed by atoms with E-state index in [0.717, 1.165) is 18.4 Å². The Morgan fingerprint density at radius 2 is 1.19 bits per heavy atom. The van der Waals surface area contributed by atoms with Gasteiger partial charge >= 0.3 is 0 Å². The summed E-state index contributed by atoms with van der Waals surface area (Å²) < 4.78 is 0. The molecule has 0 amide bonds. The second-order valence-corrected chi connectivity index (χ2v) is 3.86. The van der Waals surface area contributed by atoms with E-state index in [2.05, 4.69) is 50.6 Å². The average Bonchev–Trinajstić information content (AvgIpc) is 2.71. The van der Waals surface area contributed by atoms with Gasteiger partial charge in [0.05, 0.1) is 0 Å². The van der Waals surface area contributed by atoms with Crippen LogP contribution in [0, 0.1) is 0 Å². The second-order valence-electron chi connectivity index (χ2n) is 3.86. The lowest BCUT2D eigenvalue weighted by molar-refractivity contribution is 1.31. The molecule has 0 aliphatic heterocycles. The quantitative estimate of drug-likeness (QED) is 0.299. The highest BCUT2D eigenvalue weighted by atomic mass is 14.0. The molecule has 0 N–H and O–H groups in total. The normalized spacial score (nSPS) is 9.85. The van der Waals surface area contributed by atoms with Crippen LogP contribution in [-0.4, -0.2) is 0 Å². The first-order chi connectivity index (χ1) is 12.7. The summed E-state index contributed by atoms with van der Waals surface area (Å²) in [5.74, 6) is 0. The van der Waals surface area contributed by atoms with Crippen LogP contribution in [0.1, 0.15) is 68.2 Å². The third-order valence-electron chi connectivity index (χ3n) is 2.15. The molecule has 0 aromatic rings. The van der Waals surface area contributed by atoms with Gasteiger partial charge in [-0.3, -0.25) is 0 Å². The number of rotatable bonds is 8. The van der Waals surface area contributed by atoms with E-state index in [1.54, 1.807) is 12.2 Å². The summed E-state index contributed by atoms with van der Waals surface area (Å²) in [5, 5.41) is 0. The fourth-order valence-electron chi connectivity index (χ4n) is 1.36. The third kappa shape index (κ3) is 33.5. The van der Waals surface area contributed by atoms with Crippen LogP contribution in [0.25, 0.3) is 0 Å². The van der Waals surface area contributed by atoms with Crippen LogP contribution in [0.3, 0.4) is 0 Å². The van der Waals surface area contributed by atoms with Crippen LogP contribution < -0.4 is 0 Å². The van der Waals surface area contributed by atoms with Crippen molar-refractivity contribution in [2.24, 2.45) is 0 Å². The highest BCUT2D eigenvalue weighted by Crippen LogP contribution is 2.15. The molecule has 0 nitrogen and oxygen atoms in total. The Balaban J connectivity index is -0.000000139. The molecule has 0 heteroatoms. The zero-order valence-electron chi connectivity index (χ0n) is 19.0. The van der Waals surface area contributed by atoms with Gasteiger partial charge in [-0.25, -0.2) is 0 Å². The first kappa shape index (κ1) is 35.1. The molecule has 0 aromatic carbocycles. The molecule has 0 aliphatic rings. The van der Waals surface area contributed by atoms with E-state index in [4.69, 9.17) is 0 Å². The Morgan fingerprint density at radius 1 is 0.731 bits per heavy atom. The highest BCUT2D eigenvalue weighted by molar-refractivity contribution is 5.46. The van der Waals surface area contributed by atoms with Gasteiger partial charge in [0.15, 0.2) is 0 Å². The maximum Gasteiger partial charge on any atom is -0.0157 e. The molecule has 0 bridgehead atoms. The molecule has 0 spiro atoms. The molecule has 0 aromatic heterocycles. The van der Waals surface area contributed by atoms with Gasteiger partial charge in [-0.2, -0.15) is 0 Å². The zero-order valence-corrected chi connectivity index (χ0v) is 19.0. The second kappa shape index (κ2) is 43.5. The lowest BCUT2D eigenvalue weighted by Gasteiger charge is -2.03. The van der Waals surface area contributed by atoms with Crippen molar-refractivity contribution in [2.45, 2.75) is 68.2 Å². The molecule has 26 heavy (non-hydrogen) atoms. The van der Waals surface area contributed by atoms with Crippen molar-refractivity contribution in [3.8, 4) is 0 Å². The molecule has 0 radical (unpaired) electrons. The van der Waals surface area contributed by atoms with E-state index in [1.165, 1.54) is 5.57 Å². The monoisotopic (exact) mass is 358 g/mol. The molecule has 0 saturated heterocycles. The van der Waals surface area contributed by atoms with Crippen molar-refractivity contribution in [1.82, 2.24) is 0 Å². The maximum absolute atomic E-state index is 3.86. The highest BCUT2D eigenvalue weighted by Gasteiger charge is 1.95. The summed E-state index contributed by atoms with van der Waals surface area (Å²) in [6.07, 6.45) is 21.5. The molecule has 0 atom stereocenters. The van der Waals surface area contributed by atoms with Crippen molar-refractivity contribution in [1.29, 1.82) is 0 Å². The smallest absolute Gasteiger partial charge is 0.0157 e. The van der Waals surface area contributed by atoms with E-state index in [1.807, 2.05) is 79.7 Å². The topological polar surface area (TPSA) is 0 Å². The fourth-order valence-corrected chi connectivity index (χ4v) is 1.36. The first-order valence-electron chi connectivity index (χ1n) is 9.83. The predicted molar refractivity (Wildman–Crippen MR) is 130 cm³/mol.